The van der Waals surface area contributed by atoms with Gasteiger partial charge in [-0.2, -0.15) is 8.42 Å². The van der Waals surface area contributed by atoms with E-state index in [1.165, 1.54) is 0 Å². The number of hydrogen-bond acceptors (Lipinski definition) is 5. The summed E-state index contributed by atoms with van der Waals surface area (Å²) >= 11 is 4.76. The number of anilines is 1. The number of carbonyl (C=O) groups excluding carboxylic acids is 1. The lowest BCUT2D eigenvalue weighted by Crippen LogP contribution is -2.45. The molecular formula is C12H17N3O4S2. The lowest BCUT2D eigenvalue weighted by Gasteiger charge is -2.24. The van der Waals surface area contributed by atoms with Crippen molar-refractivity contribution in [2.75, 3.05) is 17.5 Å². The average molecular weight is 331 g/mol. The van der Waals surface area contributed by atoms with Crippen LogP contribution in [-0.4, -0.2) is 32.7 Å². The zero-order valence-corrected chi connectivity index (χ0v) is 13.1. The zero-order valence-electron chi connectivity index (χ0n) is 11.5. The van der Waals surface area contributed by atoms with Gasteiger partial charge in [0.2, 0.25) is 0 Å². The molecule has 0 aromatic heterocycles. The quantitative estimate of drug-likeness (QED) is 0.727. The minimum Gasteiger partial charge on any atom is -0.449 e. The fourth-order valence-electron chi connectivity index (χ4n) is 1.52. The fraction of sp³-hybridized carbons (Fsp3) is 0.333. The lowest BCUT2D eigenvalue weighted by atomic mass is 10.3. The van der Waals surface area contributed by atoms with E-state index in [0.29, 0.717) is 5.69 Å². The third-order valence-electron chi connectivity index (χ3n) is 2.38. The highest BCUT2D eigenvalue weighted by molar-refractivity contribution is 7.91. The first-order valence-corrected chi connectivity index (χ1v) is 8.02. The number of thiocarbonyl (C=S) groups is 1. The number of para-hydroxylation sites is 1. The van der Waals surface area contributed by atoms with Gasteiger partial charge in [0, 0.05) is 13.0 Å². The second-order valence-corrected chi connectivity index (χ2v) is 6.07. The Hall–Kier alpha value is -1.87. The monoisotopic (exact) mass is 331 g/mol. The van der Waals surface area contributed by atoms with Crippen molar-refractivity contribution in [3.05, 3.63) is 30.3 Å². The molecule has 1 aromatic rings. The van der Waals surface area contributed by atoms with E-state index in [4.69, 9.17) is 18.0 Å². The summed E-state index contributed by atoms with van der Waals surface area (Å²) in [5.41, 5.74) is 5.80. The molecule has 0 aliphatic heterocycles. The van der Waals surface area contributed by atoms with Crippen LogP contribution in [-0.2, 0) is 14.9 Å². The smallest absolute Gasteiger partial charge is 0.422 e. The van der Waals surface area contributed by atoms with Crippen molar-refractivity contribution in [3.63, 3.8) is 0 Å². The number of rotatable bonds is 7. The Bertz CT molecular complexity index is 590. The zero-order chi connectivity index (χ0) is 15.9. The summed E-state index contributed by atoms with van der Waals surface area (Å²) in [5, 5.41) is 0. The Balaban J connectivity index is 2.99. The van der Waals surface area contributed by atoms with Gasteiger partial charge in [0.1, 0.15) is 0 Å². The van der Waals surface area contributed by atoms with Crippen LogP contribution in [0, 0.1) is 0 Å². The van der Waals surface area contributed by atoms with Crippen molar-refractivity contribution in [1.29, 1.82) is 0 Å². The van der Waals surface area contributed by atoms with Crippen LogP contribution in [0.2, 0.25) is 0 Å². The average Bonchev–Trinajstić information content (AvgIpc) is 2.39. The van der Waals surface area contributed by atoms with Crippen LogP contribution in [0.15, 0.2) is 30.3 Å². The molecule has 0 heterocycles. The number of amides is 1. The third kappa shape index (κ3) is 5.56. The Morgan fingerprint density at radius 3 is 2.52 bits per heavy atom. The second-order valence-electron chi connectivity index (χ2n) is 3.95. The van der Waals surface area contributed by atoms with Crippen molar-refractivity contribution in [2.24, 2.45) is 5.73 Å². The predicted octanol–water partition coefficient (Wildman–Crippen LogP) is 1.16. The van der Waals surface area contributed by atoms with Crippen LogP contribution in [0.4, 0.5) is 10.5 Å². The minimum absolute atomic E-state index is 0.0219. The molecule has 1 rings (SSSR count). The van der Waals surface area contributed by atoms with Gasteiger partial charge in [-0.3, -0.25) is 4.31 Å². The molecule has 21 heavy (non-hydrogen) atoms. The van der Waals surface area contributed by atoms with Gasteiger partial charge in [-0.1, -0.05) is 30.4 Å². The molecule has 0 aliphatic carbocycles. The van der Waals surface area contributed by atoms with Crippen LogP contribution >= 0.6 is 12.2 Å². The maximum Gasteiger partial charge on any atom is 0.422 e. The molecule has 0 saturated heterocycles. The van der Waals surface area contributed by atoms with Gasteiger partial charge in [-0.25, -0.2) is 9.52 Å². The third-order valence-corrected chi connectivity index (χ3v) is 3.99. The number of nitrogens with two attached hydrogens (primary N) is 1. The molecule has 0 fully saturated rings. The molecule has 0 unspecified atom stereocenters. The van der Waals surface area contributed by atoms with Crippen LogP contribution < -0.4 is 14.8 Å². The Labute approximate surface area is 129 Å². The Morgan fingerprint density at radius 2 is 2.00 bits per heavy atom. The van der Waals surface area contributed by atoms with Crippen molar-refractivity contribution < 1.29 is 17.9 Å². The van der Waals surface area contributed by atoms with E-state index in [-0.39, 0.29) is 24.6 Å². The maximum atomic E-state index is 12.3. The highest BCUT2D eigenvalue weighted by atomic mass is 32.2. The van der Waals surface area contributed by atoms with E-state index in [9.17, 15) is 13.2 Å². The predicted molar refractivity (Wildman–Crippen MR) is 84.3 cm³/mol. The largest absolute Gasteiger partial charge is 0.449 e. The Morgan fingerprint density at radius 1 is 1.38 bits per heavy atom. The fourth-order valence-corrected chi connectivity index (χ4v) is 2.72. The topological polar surface area (TPSA) is 102 Å². The first-order valence-electron chi connectivity index (χ1n) is 6.17. The highest BCUT2D eigenvalue weighted by Crippen LogP contribution is 2.17. The maximum absolute atomic E-state index is 12.3. The van der Waals surface area contributed by atoms with E-state index < -0.39 is 16.3 Å². The number of benzene rings is 1. The van der Waals surface area contributed by atoms with Gasteiger partial charge in [-0.05, 0) is 19.1 Å². The molecule has 7 nitrogen and oxygen atoms in total. The molecule has 116 valence electrons. The van der Waals surface area contributed by atoms with Gasteiger partial charge in [0.15, 0.2) is 0 Å². The SMILES string of the molecule is CCOC(=O)NS(=O)(=O)N(CCC(N)=S)c1ccccc1. The van der Waals surface area contributed by atoms with Gasteiger partial charge >= 0.3 is 16.3 Å². The van der Waals surface area contributed by atoms with Gasteiger partial charge in [-0.15, -0.1) is 0 Å². The van der Waals surface area contributed by atoms with E-state index >= 15 is 0 Å². The molecule has 9 heteroatoms. The van der Waals surface area contributed by atoms with Gasteiger partial charge in [0.05, 0.1) is 17.3 Å². The molecule has 1 aromatic carbocycles. The normalized spacial score (nSPS) is 10.7. The van der Waals surface area contributed by atoms with Crippen LogP contribution in [0.1, 0.15) is 13.3 Å². The van der Waals surface area contributed by atoms with Crippen molar-refractivity contribution in [1.82, 2.24) is 4.72 Å². The summed E-state index contributed by atoms with van der Waals surface area (Å²) in [4.78, 5) is 11.5. The van der Waals surface area contributed by atoms with Gasteiger partial charge < -0.3 is 10.5 Å². The first kappa shape index (κ1) is 17.2. The molecule has 0 spiro atoms. The molecule has 0 saturated carbocycles. The number of hydrogen-bond donors (Lipinski definition) is 2. The summed E-state index contributed by atoms with van der Waals surface area (Å²) in [6.45, 7) is 1.67. The molecule has 3 N–H and O–H groups in total. The van der Waals surface area contributed by atoms with E-state index in [1.54, 1.807) is 37.3 Å². The van der Waals surface area contributed by atoms with E-state index in [2.05, 4.69) is 4.74 Å². The molecular weight excluding hydrogens is 314 g/mol. The van der Waals surface area contributed by atoms with E-state index in [0.717, 1.165) is 4.31 Å². The van der Waals surface area contributed by atoms with Crippen molar-refractivity contribution in [2.45, 2.75) is 13.3 Å². The molecule has 0 bridgehead atoms. The summed E-state index contributed by atoms with van der Waals surface area (Å²) in [6, 6.07) is 8.32. The highest BCUT2D eigenvalue weighted by Gasteiger charge is 2.25. The number of carbonyl (C=O) groups is 1. The van der Waals surface area contributed by atoms with Crippen LogP contribution in [0.3, 0.4) is 0 Å². The second kappa shape index (κ2) is 7.79. The number of nitrogens with one attached hydrogen (secondary N) is 1. The standard InChI is InChI=1S/C12H17N3O4S2/c1-2-19-12(16)14-21(17,18)15(9-8-11(13)20)10-6-4-3-5-7-10/h3-7H,2,8-9H2,1H3,(H2,13,20)(H,14,16). The molecule has 0 atom stereocenters. The summed E-state index contributed by atoms with van der Waals surface area (Å²) in [6.07, 6.45) is -0.845. The van der Waals surface area contributed by atoms with Crippen LogP contribution in [0.25, 0.3) is 0 Å². The van der Waals surface area contributed by atoms with Crippen molar-refractivity contribution >= 4 is 39.2 Å². The molecule has 1 amide bonds. The lowest BCUT2D eigenvalue weighted by molar-refractivity contribution is 0.158. The number of ether oxygens (including phenoxy) is 1. The van der Waals surface area contributed by atoms with Crippen molar-refractivity contribution in [3.8, 4) is 0 Å². The molecule has 0 radical (unpaired) electrons. The van der Waals surface area contributed by atoms with Crippen LogP contribution in [0.5, 0.6) is 0 Å². The summed E-state index contributed by atoms with van der Waals surface area (Å²) in [7, 11) is -4.10. The summed E-state index contributed by atoms with van der Waals surface area (Å²) in [5.74, 6) is 0. The van der Waals surface area contributed by atoms with Gasteiger partial charge in [0.25, 0.3) is 0 Å². The molecule has 0 aliphatic rings. The van der Waals surface area contributed by atoms with E-state index in [1.807, 2.05) is 4.72 Å². The Kier molecular flexibility index (Phi) is 6.38. The number of nitrogens with zero attached hydrogens (tertiary/aromatic N) is 1. The summed E-state index contributed by atoms with van der Waals surface area (Å²) < 4.78 is 32.0. The minimum atomic E-state index is -4.10. The first-order chi connectivity index (χ1) is 9.86.